The maximum absolute atomic E-state index is 11.2. The maximum atomic E-state index is 11.2. The fourth-order valence-corrected chi connectivity index (χ4v) is 5.71. The Morgan fingerprint density at radius 2 is 1.27 bits per heavy atom. The SMILES string of the molecule is CC(C)(C)c1cc(-c2cccc(Oc3cc(-c4ccc(-c5ccccc5)cc4)ccn3)c2)nc(-c2cc3oc(C(C)(C)C)nc3cc2O)c1. The lowest BCUT2D eigenvalue weighted by Crippen LogP contribution is -2.12. The van der Waals surface area contributed by atoms with Gasteiger partial charge in [-0.3, -0.25) is 0 Å². The Labute approximate surface area is 287 Å². The number of nitrogens with zero attached hydrogens (tertiary/aromatic N) is 3. The molecule has 0 saturated carbocycles. The van der Waals surface area contributed by atoms with Gasteiger partial charge in [-0.2, -0.15) is 0 Å². The zero-order chi connectivity index (χ0) is 34.3. The number of ether oxygens (including phenoxy) is 1. The Bertz CT molecular complexity index is 2280. The number of fused-ring (bicyclic) bond motifs is 1. The first kappa shape index (κ1) is 31.8. The summed E-state index contributed by atoms with van der Waals surface area (Å²) in [6.07, 6.45) is 1.77. The smallest absolute Gasteiger partial charge is 0.219 e. The first-order chi connectivity index (χ1) is 23.4. The van der Waals surface area contributed by atoms with Crippen LogP contribution in [0.25, 0.3) is 55.9 Å². The van der Waals surface area contributed by atoms with Crippen molar-refractivity contribution in [1.29, 1.82) is 0 Å². The second kappa shape index (κ2) is 12.4. The molecule has 0 fully saturated rings. The molecule has 3 heterocycles. The van der Waals surface area contributed by atoms with Gasteiger partial charge >= 0.3 is 0 Å². The first-order valence-electron chi connectivity index (χ1n) is 16.5. The lowest BCUT2D eigenvalue weighted by molar-refractivity contribution is 0.411. The van der Waals surface area contributed by atoms with E-state index in [1.54, 1.807) is 12.3 Å². The Morgan fingerprint density at radius 1 is 0.592 bits per heavy atom. The third-order valence-electron chi connectivity index (χ3n) is 8.53. The van der Waals surface area contributed by atoms with Crippen LogP contribution < -0.4 is 4.74 Å². The number of rotatable bonds is 6. The molecule has 6 nitrogen and oxygen atoms in total. The van der Waals surface area contributed by atoms with E-state index < -0.39 is 0 Å². The Balaban J connectivity index is 1.20. The average molecular weight is 646 g/mol. The summed E-state index contributed by atoms with van der Waals surface area (Å²) in [5.41, 5.74) is 9.21. The summed E-state index contributed by atoms with van der Waals surface area (Å²) in [4.78, 5) is 14.2. The Hall–Kier alpha value is -5.75. The van der Waals surface area contributed by atoms with E-state index in [9.17, 15) is 5.11 Å². The van der Waals surface area contributed by atoms with Crippen molar-refractivity contribution < 1.29 is 14.3 Å². The third kappa shape index (κ3) is 6.81. The van der Waals surface area contributed by atoms with Crippen molar-refractivity contribution in [3.63, 3.8) is 0 Å². The highest BCUT2D eigenvalue weighted by Crippen LogP contribution is 2.38. The third-order valence-corrected chi connectivity index (χ3v) is 8.53. The van der Waals surface area contributed by atoms with Gasteiger partial charge in [0.15, 0.2) is 5.58 Å². The van der Waals surface area contributed by atoms with Crippen molar-refractivity contribution in [1.82, 2.24) is 15.0 Å². The maximum Gasteiger partial charge on any atom is 0.219 e. The molecular weight excluding hydrogens is 606 g/mol. The highest BCUT2D eigenvalue weighted by Gasteiger charge is 2.23. The van der Waals surface area contributed by atoms with Crippen LogP contribution in [0.5, 0.6) is 17.4 Å². The van der Waals surface area contributed by atoms with E-state index in [2.05, 4.69) is 94.0 Å². The van der Waals surface area contributed by atoms with Gasteiger partial charge in [-0.15, -0.1) is 0 Å². The summed E-state index contributed by atoms with van der Waals surface area (Å²) in [6, 6.07) is 38.3. The highest BCUT2D eigenvalue weighted by atomic mass is 16.5. The molecule has 7 aromatic rings. The molecule has 0 amide bonds. The number of pyridine rings is 2. The lowest BCUT2D eigenvalue weighted by Gasteiger charge is -2.21. The molecule has 0 radical (unpaired) electrons. The molecule has 6 heteroatoms. The standard InChI is InChI=1S/C43H39N3O3/c1-42(2,3)32-23-35(45-36(24-32)34-25-39-37(26-38(34)47)46-41(49-39)43(4,5)6)31-13-10-14-33(21-31)48-40-22-30(19-20-44-40)29-17-15-28(16-18-29)27-11-8-7-9-12-27/h7-26,47H,1-6H3. The summed E-state index contributed by atoms with van der Waals surface area (Å²) >= 11 is 0. The molecule has 0 aliphatic heterocycles. The summed E-state index contributed by atoms with van der Waals surface area (Å²) in [5.74, 6) is 1.86. The zero-order valence-electron chi connectivity index (χ0n) is 28.7. The van der Waals surface area contributed by atoms with E-state index in [-0.39, 0.29) is 16.6 Å². The van der Waals surface area contributed by atoms with Crippen molar-refractivity contribution in [2.45, 2.75) is 52.4 Å². The summed E-state index contributed by atoms with van der Waals surface area (Å²) < 4.78 is 12.4. The van der Waals surface area contributed by atoms with Gasteiger partial charge in [0, 0.05) is 34.9 Å². The van der Waals surface area contributed by atoms with Crippen molar-refractivity contribution >= 4 is 11.1 Å². The zero-order valence-corrected chi connectivity index (χ0v) is 28.7. The van der Waals surface area contributed by atoms with Gasteiger partial charge < -0.3 is 14.3 Å². The van der Waals surface area contributed by atoms with Crippen molar-refractivity contribution in [2.24, 2.45) is 0 Å². The van der Waals surface area contributed by atoms with Gasteiger partial charge in [0.2, 0.25) is 11.8 Å². The first-order valence-corrected chi connectivity index (χ1v) is 16.5. The normalized spacial score (nSPS) is 12.0. The van der Waals surface area contributed by atoms with Gasteiger partial charge in [-0.05, 0) is 69.6 Å². The van der Waals surface area contributed by atoms with Crippen molar-refractivity contribution in [3.05, 3.63) is 133 Å². The molecule has 1 N–H and O–H groups in total. The van der Waals surface area contributed by atoms with E-state index in [4.69, 9.17) is 14.1 Å². The number of phenolic OH excluding ortho intramolecular Hbond substituents is 1. The number of aromatic hydroxyl groups is 1. The number of benzene rings is 4. The molecule has 0 unspecified atom stereocenters. The van der Waals surface area contributed by atoms with Gasteiger partial charge in [0.1, 0.15) is 17.0 Å². The minimum atomic E-state index is -0.259. The van der Waals surface area contributed by atoms with Crippen LogP contribution in [0.2, 0.25) is 0 Å². The van der Waals surface area contributed by atoms with Crippen LogP contribution in [0.15, 0.2) is 126 Å². The lowest BCUT2D eigenvalue weighted by atomic mass is 9.85. The second-order valence-electron chi connectivity index (χ2n) is 14.4. The highest BCUT2D eigenvalue weighted by molar-refractivity contribution is 5.84. The van der Waals surface area contributed by atoms with E-state index >= 15 is 0 Å². The van der Waals surface area contributed by atoms with E-state index in [1.165, 1.54) is 11.1 Å². The molecule has 49 heavy (non-hydrogen) atoms. The van der Waals surface area contributed by atoms with Crippen LogP contribution in [-0.2, 0) is 10.8 Å². The molecule has 0 atom stereocenters. The van der Waals surface area contributed by atoms with Crippen molar-refractivity contribution in [2.75, 3.05) is 0 Å². The molecule has 3 aromatic heterocycles. The molecule has 7 rings (SSSR count). The van der Waals surface area contributed by atoms with Crippen LogP contribution in [0, 0.1) is 0 Å². The fourth-order valence-electron chi connectivity index (χ4n) is 5.71. The van der Waals surface area contributed by atoms with Crippen LogP contribution in [0.3, 0.4) is 0 Å². The molecule has 0 aliphatic rings. The number of hydrogen-bond donors (Lipinski definition) is 1. The van der Waals surface area contributed by atoms with Crippen LogP contribution >= 0.6 is 0 Å². The quantitative estimate of drug-likeness (QED) is 0.194. The summed E-state index contributed by atoms with van der Waals surface area (Å²) in [6.45, 7) is 12.6. The average Bonchev–Trinajstić information content (AvgIpc) is 3.52. The fraction of sp³-hybridized carbons (Fsp3) is 0.186. The number of aromatic nitrogens is 3. The Kier molecular flexibility index (Phi) is 8.03. The minimum Gasteiger partial charge on any atom is -0.507 e. The van der Waals surface area contributed by atoms with Gasteiger partial charge in [-0.25, -0.2) is 15.0 Å². The number of phenols is 1. The van der Waals surface area contributed by atoms with E-state index in [0.29, 0.717) is 39.9 Å². The number of oxazole rings is 1. The molecule has 0 spiro atoms. The molecule has 0 bridgehead atoms. The van der Waals surface area contributed by atoms with Crippen LogP contribution in [0.4, 0.5) is 0 Å². The van der Waals surface area contributed by atoms with E-state index in [0.717, 1.165) is 27.9 Å². The van der Waals surface area contributed by atoms with Gasteiger partial charge in [-0.1, -0.05) is 108 Å². The summed E-state index contributed by atoms with van der Waals surface area (Å²) in [5, 5.41) is 11.2. The molecule has 0 saturated heterocycles. The molecular formula is C43H39N3O3. The minimum absolute atomic E-state index is 0.100. The topological polar surface area (TPSA) is 81.3 Å². The van der Waals surface area contributed by atoms with E-state index in [1.807, 2.05) is 66.7 Å². The predicted octanol–water partition coefficient (Wildman–Crippen LogP) is 11.4. The van der Waals surface area contributed by atoms with Crippen LogP contribution in [0.1, 0.15) is 53.0 Å². The molecule has 244 valence electrons. The monoisotopic (exact) mass is 645 g/mol. The summed E-state index contributed by atoms with van der Waals surface area (Å²) in [7, 11) is 0. The van der Waals surface area contributed by atoms with Gasteiger partial charge in [0.25, 0.3) is 0 Å². The van der Waals surface area contributed by atoms with Crippen molar-refractivity contribution in [3.8, 4) is 62.1 Å². The van der Waals surface area contributed by atoms with Crippen LogP contribution in [-0.4, -0.2) is 20.1 Å². The largest absolute Gasteiger partial charge is 0.507 e. The molecule has 0 aliphatic carbocycles. The Morgan fingerprint density at radius 3 is 1.98 bits per heavy atom. The van der Waals surface area contributed by atoms with Gasteiger partial charge in [0.05, 0.1) is 11.4 Å². The predicted molar refractivity (Wildman–Crippen MR) is 197 cm³/mol. The second-order valence-corrected chi connectivity index (χ2v) is 14.4. The number of hydrogen-bond acceptors (Lipinski definition) is 6. The molecule has 4 aromatic carbocycles.